The summed E-state index contributed by atoms with van der Waals surface area (Å²) in [5.74, 6) is 0.656. The number of carbonyl (C=O) groups excluding carboxylic acids is 1. The van der Waals surface area contributed by atoms with Crippen molar-refractivity contribution < 1.29 is 13.9 Å². The highest BCUT2D eigenvalue weighted by atomic mass is 19.1. The minimum absolute atomic E-state index is 0.0102. The van der Waals surface area contributed by atoms with Crippen LogP contribution in [0.25, 0.3) is 6.08 Å². The van der Waals surface area contributed by atoms with Crippen LogP contribution in [0.3, 0.4) is 0 Å². The molecule has 4 rings (SSSR count). The highest BCUT2D eigenvalue weighted by Gasteiger charge is 2.43. The summed E-state index contributed by atoms with van der Waals surface area (Å²) in [5, 5.41) is 0. The Morgan fingerprint density at radius 1 is 1.19 bits per heavy atom. The maximum atomic E-state index is 13.0. The molecule has 2 aliphatic heterocycles. The third-order valence-electron chi connectivity index (χ3n) is 5.68. The van der Waals surface area contributed by atoms with Crippen molar-refractivity contribution in [2.75, 3.05) is 19.7 Å². The lowest BCUT2D eigenvalue weighted by atomic mass is 9.74. The summed E-state index contributed by atoms with van der Waals surface area (Å²) >= 11 is 0. The van der Waals surface area contributed by atoms with Crippen LogP contribution in [0.15, 0.2) is 48.5 Å². The van der Waals surface area contributed by atoms with E-state index in [1.54, 1.807) is 24.3 Å². The van der Waals surface area contributed by atoms with E-state index < -0.39 is 0 Å². The first-order chi connectivity index (χ1) is 13.1. The van der Waals surface area contributed by atoms with E-state index in [1.807, 2.05) is 17.0 Å². The summed E-state index contributed by atoms with van der Waals surface area (Å²) in [6.45, 7) is 2.58. The molecular formula is C22H23FN2O2. The number of carbonyl (C=O) groups is 1. The lowest BCUT2D eigenvalue weighted by Crippen LogP contribution is -2.45. The van der Waals surface area contributed by atoms with Gasteiger partial charge in [0.1, 0.15) is 11.6 Å². The van der Waals surface area contributed by atoms with Crippen molar-refractivity contribution in [2.45, 2.75) is 24.8 Å². The normalized spacial score (nSPS) is 17.9. The SMILES string of the molecule is NCc1ccc2c(c1)C1(CCN(C(=O)/C=C/c3ccc(F)cc3)CC1)CO2. The van der Waals surface area contributed by atoms with Crippen LogP contribution in [0.2, 0.25) is 0 Å². The molecule has 4 nitrogen and oxygen atoms in total. The smallest absolute Gasteiger partial charge is 0.246 e. The van der Waals surface area contributed by atoms with Crippen LogP contribution < -0.4 is 10.5 Å². The van der Waals surface area contributed by atoms with Crippen molar-refractivity contribution in [3.63, 3.8) is 0 Å². The van der Waals surface area contributed by atoms with Gasteiger partial charge in [0.05, 0.1) is 6.61 Å². The Morgan fingerprint density at radius 3 is 2.63 bits per heavy atom. The van der Waals surface area contributed by atoms with E-state index in [9.17, 15) is 9.18 Å². The fourth-order valence-electron chi connectivity index (χ4n) is 3.95. The number of halogens is 1. The number of likely N-dealkylation sites (tertiary alicyclic amines) is 1. The number of hydrogen-bond donors (Lipinski definition) is 1. The minimum atomic E-state index is -0.281. The van der Waals surface area contributed by atoms with E-state index in [1.165, 1.54) is 17.7 Å². The third kappa shape index (κ3) is 3.47. The fourth-order valence-corrected chi connectivity index (χ4v) is 3.95. The predicted octanol–water partition coefficient (Wildman–Crippen LogP) is 3.25. The van der Waals surface area contributed by atoms with Crippen LogP contribution >= 0.6 is 0 Å². The van der Waals surface area contributed by atoms with E-state index >= 15 is 0 Å². The Hall–Kier alpha value is -2.66. The van der Waals surface area contributed by atoms with Crippen LogP contribution in [-0.2, 0) is 16.8 Å². The molecule has 1 spiro atoms. The second-order valence-electron chi connectivity index (χ2n) is 7.31. The van der Waals surface area contributed by atoms with Crippen molar-refractivity contribution in [3.05, 3.63) is 71.0 Å². The minimum Gasteiger partial charge on any atom is -0.492 e. The van der Waals surface area contributed by atoms with E-state index in [0.29, 0.717) is 26.2 Å². The number of fused-ring (bicyclic) bond motifs is 2. The van der Waals surface area contributed by atoms with Gasteiger partial charge in [-0.25, -0.2) is 4.39 Å². The van der Waals surface area contributed by atoms with Gasteiger partial charge in [-0.3, -0.25) is 4.79 Å². The van der Waals surface area contributed by atoms with E-state index in [-0.39, 0.29) is 17.1 Å². The molecule has 2 aliphatic rings. The van der Waals surface area contributed by atoms with Gasteiger partial charge in [-0.05, 0) is 48.2 Å². The van der Waals surface area contributed by atoms with Crippen molar-refractivity contribution in [2.24, 2.45) is 5.73 Å². The molecule has 1 amide bonds. The molecule has 1 saturated heterocycles. The maximum Gasteiger partial charge on any atom is 0.246 e. The molecule has 27 heavy (non-hydrogen) atoms. The van der Waals surface area contributed by atoms with Gasteiger partial charge in [-0.2, -0.15) is 0 Å². The van der Waals surface area contributed by atoms with Crippen molar-refractivity contribution >= 4 is 12.0 Å². The van der Waals surface area contributed by atoms with E-state index in [2.05, 4.69) is 6.07 Å². The molecule has 2 aromatic carbocycles. The average molecular weight is 366 g/mol. The Kier molecular flexibility index (Phi) is 4.70. The van der Waals surface area contributed by atoms with Crippen LogP contribution in [0.1, 0.15) is 29.5 Å². The number of amides is 1. The maximum absolute atomic E-state index is 13.0. The number of ether oxygens (including phenoxy) is 1. The average Bonchev–Trinajstić information content (AvgIpc) is 3.05. The highest BCUT2D eigenvalue weighted by Crippen LogP contribution is 2.45. The first-order valence-electron chi connectivity index (χ1n) is 9.28. The molecule has 0 radical (unpaired) electrons. The summed E-state index contributed by atoms with van der Waals surface area (Å²) < 4.78 is 18.9. The highest BCUT2D eigenvalue weighted by molar-refractivity contribution is 5.91. The molecule has 2 N–H and O–H groups in total. The van der Waals surface area contributed by atoms with Gasteiger partial charge in [0.15, 0.2) is 0 Å². The Labute approximate surface area is 158 Å². The molecule has 0 aliphatic carbocycles. The topological polar surface area (TPSA) is 55.6 Å². The number of hydrogen-bond acceptors (Lipinski definition) is 3. The molecule has 2 heterocycles. The molecule has 2 aromatic rings. The standard InChI is InChI=1S/C22H23FN2O2/c23-18-5-1-16(2-6-18)4-8-21(26)25-11-9-22(10-12-25)15-27-20-7-3-17(14-24)13-19(20)22/h1-8,13H,9-12,14-15,24H2/b8-4+. The molecular weight excluding hydrogens is 343 g/mol. The Morgan fingerprint density at radius 2 is 1.93 bits per heavy atom. The van der Waals surface area contributed by atoms with Gasteiger partial charge in [0, 0.05) is 36.7 Å². The zero-order chi connectivity index (χ0) is 18.9. The Bertz CT molecular complexity index is 868. The van der Waals surface area contributed by atoms with Crippen molar-refractivity contribution in [1.29, 1.82) is 0 Å². The zero-order valence-corrected chi connectivity index (χ0v) is 15.2. The molecule has 0 atom stereocenters. The van der Waals surface area contributed by atoms with E-state index in [0.717, 1.165) is 29.7 Å². The lowest BCUT2D eigenvalue weighted by Gasteiger charge is -2.38. The first kappa shape index (κ1) is 17.7. The second kappa shape index (κ2) is 7.16. The van der Waals surface area contributed by atoms with Crippen LogP contribution in [0.4, 0.5) is 4.39 Å². The molecule has 0 bridgehead atoms. The molecule has 1 fully saturated rings. The number of nitrogens with zero attached hydrogens (tertiary/aromatic N) is 1. The number of piperidine rings is 1. The molecule has 0 saturated carbocycles. The number of nitrogens with two attached hydrogens (primary N) is 1. The third-order valence-corrected chi connectivity index (χ3v) is 5.68. The summed E-state index contributed by atoms with van der Waals surface area (Å²) in [7, 11) is 0. The van der Waals surface area contributed by atoms with Gasteiger partial charge in [-0.15, -0.1) is 0 Å². The molecule has 5 heteroatoms. The summed E-state index contributed by atoms with van der Waals surface area (Å²) in [5.41, 5.74) is 8.93. The molecule has 0 unspecified atom stereocenters. The number of benzene rings is 2. The van der Waals surface area contributed by atoms with Crippen molar-refractivity contribution in [3.8, 4) is 5.75 Å². The van der Waals surface area contributed by atoms with Crippen LogP contribution in [0.5, 0.6) is 5.75 Å². The quantitative estimate of drug-likeness (QED) is 0.849. The lowest BCUT2D eigenvalue weighted by molar-refractivity contribution is -0.127. The second-order valence-corrected chi connectivity index (χ2v) is 7.31. The summed E-state index contributed by atoms with van der Waals surface area (Å²) in [4.78, 5) is 14.4. The van der Waals surface area contributed by atoms with Gasteiger partial charge in [0.25, 0.3) is 0 Å². The van der Waals surface area contributed by atoms with Crippen molar-refractivity contribution in [1.82, 2.24) is 4.90 Å². The van der Waals surface area contributed by atoms with Crippen LogP contribution in [-0.4, -0.2) is 30.5 Å². The number of rotatable bonds is 3. The first-order valence-corrected chi connectivity index (χ1v) is 9.28. The summed E-state index contributed by atoms with van der Waals surface area (Å²) in [6, 6.07) is 12.3. The molecule has 140 valence electrons. The van der Waals surface area contributed by atoms with Crippen LogP contribution in [0, 0.1) is 5.82 Å². The largest absolute Gasteiger partial charge is 0.492 e. The van der Waals surface area contributed by atoms with Gasteiger partial charge < -0.3 is 15.4 Å². The monoisotopic (exact) mass is 366 g/mol. The van der Waals surface area contributed by atoms with E-state index in [4.69, 9.17) is 10.5 Å². The fraction of sp³-hybridized carbons (Fsp3) is 0.318. The summed E-state index contributed by atoms with van der Waals surface area (Å²) in [6.07, 6.45) is 5.05. The molecule has 0 aromatic heterocycles. The van der Waals surface area contributed by atoms with Gasteiger partial charge >= 0.3 is 0 Å². The van der Waals surface area contributed by atoms with Gasteiger partial charge in [0.2, 0.25) is 5.91 Å². The Balaban J connectivity index is 1.42. The zero-order valence-electron chi connectivity index (χ0n) is 15.2. The predicted molar refractivity (Wildman–Crippen MR) is 103 cm³/mol. The van der Waals surface area contributed by atoms with Gasteiger partial charge in [-0.1, -0.05) is 24.3 Å².